The van der Waals surface area contributed by atoms with Gasteiger partial charge in [-0.25, -0.2) is 9.50 Å². The lowest BCUT2D eigenvalue weighted by atomic mass is 10.1. The number of carbonyl (C=O) groups excluding carboxylic acids is 1. The maximum atomic E-state index is 13.2. The van der Waals surface area contributed by atoms with Gasteiger partial charge in [-0.05, 0) is 17.5 Å². The van der Waals surface area contributed by atoms with Crippen LogP contribution in [-0.2, 0) is 24.1 Å². The standard InChI is InChI=1S/C13H12ClF5N4O2S/c14-12(15,16)2-6-1-9(25)22(3-6)4-7-10(13(17,18)19)20-11-23(7)21-8(5-24)26-11/h6,24H,1-5H2/t6-/m1/s1. The number of aromatic nitrogens is 3. The van der Waals surface area contributed by atoms with Crippen LogP contribution >= 0.6 is 22.9 Å². The zero-order chi connectivity index (χ0) is 19.3. The van der Waals surface area contributed by atoms with Gasteiger partial charge < -0.3 is 10.0 Å². The predicted octanol–water partition coefficient (Wildman–Crippen LogP) is 2.87. The van der Waals surface area contributed by atoms with E-state index in [1.54, 1.807) is 0 Å². The minimum atomic E-state index is -4.77. The van der Waals surface area contributed by atoms with Crippen molar-refractivity contribution in [3.05, 3.63) is 16.4 Å². The van der Waals surface area contributed by atoms with Crippen LogP contribution in [0.2, 0.25) is 0 Å². The quantitative estimate of drug-likeness (QED) is 0.599. The van der Waals surface area contributed by atoms with Gasteiger partial charge in [-0.1, -0.05) is 11.3 Å². The van der Waals surface area contributed by atoms with Crippen LogP contribution < -0.4 is 0 Å². The molecule has 3 heterocycles. The van der Waals surface area contributed by atoms with Gasteiger partial charge in [-0.2, -0.15) is 27.1 Å². The molecule has 0 saturated carbocycles. The van der Waals surface area contributed by atoms with Gasteiger partial charge in [0.25, 0.3) is 0 Å². The molecule has 1 aliphatic heterocycles. The minimum absolute atomic E-state index is 0.0770. The van der Waals surface area contributed by atoms with Gasteiger partial charge >= 0.3 is 11.6 Å². The number of rotatable bonds is 5. The molecule has 2 aromatic rings. The fourth-order valence-electron chi connectivity index (χ4n) is 2.91. The van der Waals surface area contributed by atoms with Crippen LogP contribution in [-0.4, -0.2) is 42.4 Å². The molecular formula is C13H12ClF5N4O2S. The SMILES string of the molecule is O=C1C[C@H](CC(F)(F)Cl)CN1Cc1c(C(F)(F)F)nc2sc(CO)nn12. The largest absolute Gasteiger partial charge is 0.435 e. The highest BCUT2D eigenvalue weighted by atomic mass is 35.5. The molecule has 13 heteroatoms. The molecule has 1 aliphatic rings. The van der Waals surface area contributed by atoms with E-state index >= 15 is 0 Å². The number of hydrogen-bond acceptors (Lipinski definition) is 5. The van der Waals surface area contributed by atoms with E-state index in [2.05, 4.69) is 10.1 Å². The summed E-state index contributed by atoms with van der Waals surface area (Å²) < 4.78 is 66.5. The van der Waals surface area contributed by atoms with Gasteiger partial charge in [-0.15, -0.1) is 0 Å². The normalized spacial score (nSPS) is 19.1. The van der Waals surface area contributed by atoms with E-state index in [1.165, 1.54) is 0 Å². The smallest absolute Gasteiger partial charge is 0.389 e. The molecule has 0 aliphatic carbocycles. The van der Waals surface area contributed by atoms with E-state index < -0.39 is 48.6 Å². The molecule has 1 saturated heterocycles. The van der Waals surface area contributed by atoms with Crippen molar-refractivity contribution in [1.29, 1.82) is 0 Å². The maximum Gasteiger partial charge on any atom is 0.435 e. The Morgan fingerprint density at radius 2 is 2.00 bits per heavy atom. The molecule has 6 nitrogen and oxygen atoms in total. The molecule has 0 bridgehead atoms. The summed E-state index contributed by atoms with van der Waals surface area (Å²) in [7, 11) is 0. The monoisotopic (exact) mass is 418 g/mol. The van der Waals surface area contributed by atoms with Gasteiger partial charge in [0.15, 0.2) is 5.69 Å². The van der Waals surface area contributed by atoms with E-state index in [-0.39, 0.29) is 28.6 Å². The molecule has 0 spiro atoms. The van der Waals surface area contributed by atoms with Crippen molar-refractivity contribution in [3.63, 3.8) is 0 Å². The summed E-state index contributed by atoms with van der Waals surface area (Å²) in [6, 6.07) is 0. The van der Waals surface area contributed by atoms with Crippen LogP contribution in [0.5, 0.6) is 0 Å². The molecular weight excluding hydrogens is 407 g/mol. The molecule has 3 rings (SSSR count). The van der Waals surface area contributed by atoms with Crippen molar-refractivity contribution in [2.75, 3.05) is 6.54 Å². The number of carbonyl (C=O) groups is 1. The Hall–Kier alpha value is -1.53. The number of likely N-dealkylation sites (tertiary alicyclic amines) is 1. The topological polar surface area (TPSA) is 70.7 Å². The number of aliphatic hydroxyl groups is 1. The lowest BCUT2D eigenvalue weighted by Gasteiger charge is -2.18. The average molecular weight is 419 g/mol. The molecule has 26 heavy (non-hydrogen) atoms. The highest BCUT2D eigenvalue weighted by molar-refractivity contribution is 7.16. The minimum Gasteiger partial charge on any atom is -0.389 e. The van der Waals surface area contributed by atoms with Gasteiger partial charge in [0.2, 0.25) is 10.9 Å². The van der Waals surface area contributed by atoms with E-state index in [1.807, 2.05) is 0 Å². The molecule has 1 amide bonds. The molecule has 0 unspecified atom stereocenters. The van der Waals surface area contributed by atoms with Crippen molar-refractivity contribution in [3.8, 4) is 0 Å². The number of aliphatic hydroxyl groups excluding tert-OH is 1. The number of nitrogens with zero attached hydrogens (tertiary/aromatic N) is 4. The number of alkyl halides is 6. The second kappa shape index (κ2) is 6.57. The van der Waals surface area contributed by atoms with E-state index in [9.17, 15) is 26.7 Å². The van der Waals surface area contributed by atoms with E-state index in [0.717, 1.165) is 20.8 Å². The summed E-state index contributed by atoms with van der Waals surface area (Å²) in [6.45, 7) is -1.08. The molecule has 144 valence electrons. The third kappa shape index (κ3) is 3.91. The first kappa shape index (κ1) is 19.2. The Morgan fingerprint density at radius 1 is 1.31 bits per heavy atom. The van der Waals surface area contributed by atoms with Crippen LogP contribution in [0.3, 0.4) is 0 Å². The summed E-state index contributed by atoms with van der Waals surface area (Å²) in [4.78, 5) is 16.5. The zero-order valence-corrected chi connectivity index (χ0v) is 14.5. The lowest BCUT2D eigenvalue weighted by molar-refractivity contribution is -0.142. The third-order valence-corrected chi connectivity index (χ3v) is 4.94. The Bertz CT molecular complexity index is 831. The van der Waals surface area contributed by atoms with Gasteiger partial charge in [0.05, 0.1) is 18.8 Å². The van der Waals surface area contributed by atoms with E-state index in [0.29, 0.717) is 0 Å². The molecule has 0 aromatic carbocycles. The molecule has 0 radical (unpaired) electrons. The number of amides is 1. The van der Waals surface area contributed by atoms with Crippen molar-refractivity contribution in [2.24, 2.45) is 5.92 Å². The second-order valence-corrected chi connectivity index (χ2v) is 7.51. The summed E-state index contributed by atoms with van der Waals surface area (Å²) in [5, 5.41) is 9.62. The number of imidazole rings is 1. The Labute approximate surface area is 152 Å². The predicted molar refractivity (Wildman–Crippen MR) is 80.7 cm³/mol. The van der Waals surface area contributed by atoms with Crippen LogP contribution in [0.15, 0.2) is 0 Å². The summed E-state index contributed by atoms with van der Waals surface area (Å²) >= 11 is 5.66. The van der Waals surface area contributed by atoms with Crippen molar-refractivity contribution in [1.82, 2.24) is 19.5 Å². The molecule has 2 aromatic heterocycles. The first-order chi connectivity index (χ1) is 12.0. The summed E-state index contributed by atoms with van der Waals surface area (Å²) in [6.07, 6.45) is -5.73. The number of fused-ring (bicyclic) bond motifs is 1. The van der Waals surface area contributed by atoms with E-state index in [4.69, 9.17) is 16.7 Å². The fourth-order valence-corrected chi connectivity index (χ4v) is 3.90. The number of hydrogen-bond donors (Lipinski definition) is 1. The summed E-state index contributed by atoms with van der Waals surface area (Å²) in [5.41, 5.74) is -1.57. The highest BCUT2D eigenvalue weighted by Gasteiger charge is 2.42. The van der Waals surface area contributed by atoms with Crippen LogP contribution in [0.4, 0.5) is 22.0 Å². The lowest BCUT2D eigenvalue weighted by Crippen LogP contribution is -2.27. The fraction of sp³-hybridized carbons (Fsp3) is 0.615. The summed E-state index contributed by atoms with van der Waals surface area (Å²) in [5.74, 6) is -1.30. The van der Waals surface area contributed by atoms with Gasteiger partial charge in [-0.3, -0.25) is 4.79 Å². The number of halogens is 6. The third-order valence-electron chi connectivity index (χ3n) is 3.90. The van der Waals surface area contributed by atoms with Gasteiger partial charge in [0, 0.05) is 19.4 Å². The first-order valence-corrected chi connectivity index (χ1v) is 8.57. The second-order valence-electron chi connectivity index (χ2n) is 5.92. The molecule has 1 atom stereocenters. The van der Waals surface area contributed by atoms with Gasteiger partial charge in [0.1, 0.15) is 5.01 Å². The zero-order valence-electron chi connectivity index (χ0n) is 12.9. The Kier molecular flexibility index (Phi) is 4.86. The Morgan fingerprint density at radius 3 is 2.58 bits per heavy atom. The molecule has 1 N–H and O–H groups in total. The van der Waals surface area contributed by atoms with Crippen LogP contribution in [0.1, 0.15) is 29.2 Å². The highest BCUT2D eigenvalue weighted by Crippen LogP contribution is 2.36. The van der Waals surface area contributed by atoms with Crippen molar-refractivity contribution < 1.29 is 31.9 Å². The van der Waals surface area contributed by atoms with Crippen molar-refractivity contribution >= 4 is 33.8 Å². The Balaban J connectivity index is 1.90. The molecule has 1 fully saturated rings. The van der Waals surface area contributed by atoms with Crippen molar-refractivity contribution in [2.45, 2.75) is 37.6 Å². The van der Waals surface area contributed by atoms with Crippen LogP contribution in [0.25, 0.3) is 4.96 Å². The van der Waals surface area contributed by atoms with Crippen LogP contribution in [0, 0.1) is 5.92 Å². The maximum absolute atomic E-state index is 13.2. The average Bonchev–Trinajstić information content (AvgIpc) is 3.11. The first-order valence-electron chi connectivity index (χ1n) is 7.38.